The molecule has 1 aromatic rings. The van der Waals surface area contributed by atoms with Crippen LogP contribution in [0.3, 0.4) is 0 Å². The van der Waals surface area contributed by atoms with Gasteiger partial charge >= 0.3 is 18.1 Å². The first kappa shape index (κ1) is 18.5. The predicted molar refractivity (Wildman–Crippen MR) is 70.7 cm³/mol. The number of aromatic nitrogens is 1. The molecule has 0 aliphatic rings. The van der Waals surface area contributed by atoms with Gasteiger partial charge in [-0.1, -0.05) is 0 Å². The Hall–Kier alpha value is -2.52. The van der Waals surface area contributed by atoms with Gasteiger partial charge in [0.25, 0.3) is 0 Å². The number of alkyl halides is 3. The van der Waals surface area contributed by atoms with Crippen LogP contribution in [0.15, 0.2) is 17.4 Å². The average molecular weight is 334 g/mol. The molecule has 0 saturated heterocycles. The molecule has 7 nitrogen and oxygen atoms in total. The molecule has 0 spiro atoms. The minimum Gasteiger partial charge on any atom is -0.465 e. The molecule has 0 N–H and O–H groups in total. The molecule has 0 aromatic carbocycles. The molecule has 0 radical (unpaired) electrons. The Morgan fingerprint density at radius 1 is 1.22 bits per heavy atom. The lowest BCUT2D eigenvalue weighted by atomic mass is 9.99. The summed E-state index contributed by atoms with van der Waals surface area (Å²) in [6.07, 6.45) is -4.23. The van der Waals surface area contributed by atoms with Crippen LogP contribution in [0.5, 0.6) is 0 Å². The number of nitroso groups, excluding NO2 is 1. The number of esters is 2. The number of carbonyl (C=O) groups excluding carboxylic acids is 2. The van der Waals surface area contributed by atoms with Crippen molar-refractivity contribution in [2.24, 2.45) is 5.18 Å². The molecule has 0 aliphatic carbocycles. The number of halogens is 3. The first-order valence-corrected chi connectivity index (χ1v) is 6.50. The van der Waals surface area contributed by atoms with Gasteiger partial charge in [0, 0.05) is 0 Å². The van der Waals surface area contributed by atoms with E-state index in [0.29, 0.717) is 6.07 Å². The van der Waals surface area contributed by atoms with Crippen molar-refractivity contribution in [1.82, 2.24) is 4.98 Å². The van der Waals surface area contributed by atoms with E-state index in [-0.39, 0.29) is 13.2 Å². The molecule has 0 aliphatic heterocycles. The lowest BCUT2D eigenvalue weighted by Gasteiger charge is -2.18. The topological polar surface area (TPSA) is 94.9 Å². The maximum absolute atomic E-state index is 13.1. The first-order valence-electron chi connectivity index (χ1n) is 6.50. The minimum atomic E-state index is -4.96. The van der Waals surface area contributed by atoms with Gasteiger partial charge in [-0.2, -0.15) is 13.2 Å². The Kier molecular flexibility index (Phi) is 6.17. The van der Waals surface area contributed by atoms with Crippen molar-refractivity contribution in [2.45, 2.75) is 25.9 Å². The summed E-state index contributed by atoms with van der Waals surface area (Å²) in [6.45, 7) is 2.56. The molecule has 1 heterocycles. The number of hydrogen-bond donors (Lipinski definition) is 0. The summed E-state index contributed by atoms with van der Waals surface area (Å²) in [5, 5.41) is 2.36. The zero-order valence-electron chi connectivity index (χ0n) is 12.2. The second-order valence-electron chi connectivity index (χ2n) is 4.15. The third-order valence-electron chi connectivity index (χ3n) is 2.63. The van der Waals surface area contributed by atoms with Gasteiger partial charge in [0.2, 0.25) is 0 Å². The molecule has 23 heavy (non-hydrogen) atoms. The van der Waals surface area contributed by atoms with E-state index in [4.69, 9.17) is 0 Å². The third kappa shape index (κ3) is 4.47. The van der Waals surface area contributed by atoms with Crippen molar-refractivity contribution in [3.05, 3.63) is 28.4 Å². The van der Waals surface area contributed by atoms with Crippen LogP contribution in [0.2, 0.25) is 0 Å². The summed E-state index contributed by atoms with van der Waals surface area (Å²) in [5.41, 5.74) is -2.92. The molecule has 0 bridgehead atoms. The molecule has 0 saturated carbocycles. The zero-order valence-corrected chi connectivity index (χ0v) is 12.2. The standard InChI is InChI=1S/C13H13F3N2O5/c1-3-22-11(19)9(12(20)23-4-2)10-8(13(14,15)16)5-7(18-21)6-17-10/h5-6,9H,3-4H2,1-2H3. The van der Waals surface area contributed by atoms with Gasteiger partial charge in [0.05, 0.1) is 30.7 Å². The van der Waals surface area contributed by atoms with Crippen molar-refractivity contribution >= 4 is 17.6 Å². The largest absolute Gasteiger partial charge is 0.465 e. The third-order valence-corrected chi connectivity index (χ3v) is 2.63. The number of nitrogens with zero attached hydrogens (tertiary/aromatic N) is 2. The number of hydrogen-bond acceptors (Lipinski definition) is 7. The summed E-state index contributed by atoms with van der Waals surface area (Å²) < 4.78 is 48.6. The van der Waals surface area contributed by atoms with E-state index in [1.807, 2.05) is 0 Å². The van der Waals surface area contributed by atoms with Crippen molar-refractivity contribution in [1.29, 1.82) is 0 Å². The maximum Gasteiger partial charge on any atom is 0.418 e. The van der Waals surface area contributed by atoms with E-state index in [0.717, 1.165) is 6.20 Å². The highest BCUT2D eigenvalue weighted by Gasteiger charge is 2.42. The van der Waals surface area contributed by atoms with Crippen molar-refractivity contribution in [3.8, 4) is 0 Å². The van der Waals surface area contributed by atoms with E-state index < -0.39 is 41.0 Å². The van der Waals surface area contributed by atoms with Gasteiger partial charge in [-0.3, -0.25) is 14.6 Å². The van der Waals surface area contributed by atoms with Gasteiger partial charge in [-0.15, -0.1) is 4.91 Å². The molecular formula is C13H13F3N2O5. The van der Waals surface area contributed by atoms with Crippen LogP contribution in [0, 0.1) is 4.91 Å². The van der Waals surface area contributed by atoms with Crippen LogP contribution in [0.25, 0.3) is 0 Å². The second kappa shape index (κ2) is 7.65. The highest BCUT2D eigenvalue weighted by atomic mass is 19.4. The highest BCUT2D eigenvalue weighted by Crippen LogP contribution is 2.37. The number of ether oxygens (including phenoxy) is 2. The van der Waals surface area contributed by atoms with E-state index in [1.54, 1.807) is 0 Å². The predicted octanol–water partition coefficient (Wildman–Crippen LogP) is 2.71. The average Bonchev–Trinajstić information content (AvgIpc) is 2.47. The lowest BCUT2D eigenvalue weighted by Crippen LogP contribution is -2.29. The summed E-state index contributed by atoms with van der Waals surface area (Å²) in [6, 6.07) is 0.404. The first-order chi connectivity index (χ1) is 10.8. The van der Waals surface area contributed by atoms with Crippen LogP contribution in [-0.2, 0) is 25.2 Å². The van der Waals surface area contributed by atoms with Gasteiger partial charge < -0.3 is 9.47 Å². The maximum atomic E-state index is 13.1. The minimum absolute atomic E-state index is 0.149. The molecule has 10 heteroatoms. The fourth-order valence-corrected chi connectivity index (χ4v) is 1.74. The summed E-state index contributed by atoms with van der Waals surface area (Å²) in [4.78, 5) is 37.6. The Bertz CT molecular complexity index is 586. The van der Waals surface area contributed by atoms with Crippen molar-refractivity contribution in [3.63, 3.8) is 0 Å². The molecule has 1 rings (SSSR count). The van der Waals surface area contributed by atoms with Crippen LogP contribution < -0.4 is 0 Å². The summed E-state index contributed by atoms with van der Waals surface area (Å²) >= 11 is 0. The molecular weight excluding hydrogens is 321 g/mol. The quantitative estimate of drug-likeness (QED) is 0.451. The molecule has 0 fully saturated rings. The summed E-state index contributed by atoms with van der Waals surface area (Å²) in [5.74, 6) is -4.46. The highest BCUT2D eigenvalue weighted by molar-refractivity contribution is 6.00. The fourth-order valence-electron chi connectivity index (χ4n) is 1.74. The molecule has 0 atom stereocenters. The van der Waals surface area contributed by atoms with Gasteiger partial charge in [0.1, 0.15) is 5.69 Å². The second-order valence-corrected chi connectivity index (χ2v) is 4.15. The van der Waals surface area contributed by atoms with Crippen LogP contribution >= 0.6 is 0 Å². The molecule has 0 amide bonds. The van der Waals surface area contributed by atoms with Gasteiger partial charge in [-0.05, 0) is 25.1 Å². The summed E-state index contributed by atoms with van der Waals surface area (Å²) in [7, 11) is 0. The van der Waals surface area contributed by atoms with E-state index in [1.165, 1.54) is 13.8 Å². The number of carbonyl (C=O) groups is 2. The fraction of sp³-hybridized carbons (Fsp3) is 0.462. The van der Waals surface area contributed by atoms with E-state index >= 15 is 0 Å². The van der Waals surface area contributed by atoms with E-state index in [9.17, 15) is 27.7 Å². The van der Waals surface area contributed by atoms with E-state index in [2.05, 4.69) is 19.6 Å². The van der Waals surface area contributed by atoms with Crippen LogP contribution in [0.1, 0.15) is 31.0 Å². The monoisotopic (exact) mass is 334 g/mol. The lowest BCUT2D eigenvalue weighted by molar-refractivity contribution is -0.157. The Balaban J connectivity index is 3.48. The smallest absolute Gasteiger partial charge is 0.418 e. The van der Waals surface area contributed by atoms with Crippen LogP contribution in [-0.4, -0.2) is 30.1 Å². The molecule has 126 valence electrons. The number of pyridine rings is 1. The molecule has 0 unspecified atom stereocenters. The zero-order chi connectivity index (χ0) is 17.6. The van der Waals surface area contributed by atoms with Crippen molar-refractivity contribution in [2.75, 3.05) is 13.2 Å². The molecule has 1 aromatic heterocycles. The van der Waals surface area contributed by atoms with Crippen LogP contribution in [0.4, 0.5) is 18.9 Å². The SMILES string of the molecule is CCOC(=O)C(C(=O)OCC)c1ncc(N=O)cc1C(F)(F)F. The van der Waals surface area contributed by atoms with Gasteiger partial charge in [0.15, 0.2) is 5.92 Å². The normalized spacial score (nSPS) is 11.2. The van der Waals surface area contributed by atoms with Gasteiger partial charge in [-0.25, -0.2) is 0 Å². The Morgan fingerprint density at radius 3 is 2.13 bits per heavy atom. The van der Waals surface area contributed by atoms with Crippen molar-refractivity contribution < 1.29 is 32.2 Å². The Morgan fingerprint density at radius 2 is 1.74 bits per heavy atom. The Labute approximate surface area is 128 Å². The number of rotatable bonds is 6.